The van der Waals surface area contributed by atoms with Crippen molar-refractivity contribution in [3.05, 3.63) is 72.4 Å². The molecule has 2 aromatic carbocycles. The lowest BCUT2D eigenvalue weighted by Crippen LogP contribution is -2.44. The van der Waals surface area contributed by atoms with Crippen LogP contribution in [0.3, 0.4) is 0 Å². The van der Waals surface area contributed by atoms with E-state index in [4.69, 9.17) is 9.41 Å². The molecule has 4 rings (SSSR count). The van der Waals surface area contributed by atoms with E-state index >= 15 is 0 Å². The molecule has 0 aliphatic carbocycles. The molecule has 6 nitrogen and oxygen atoms in total. The van der Waals surface area contributed by atoms with Crippen LogP contribution in [0.15, 0.2) is 70.3 Å². The maximum atomic E-state index is 13.1. The first-order valence-corrected chi connectivity index (χ1v) is 10.8. The molecule has 0 amide bonds. The third kappa shape index (κ3) is 5.63. The predicted molar refractivity (Wildman–Crippen MR) is 122 cm³/mol. The minimum absolute atomic E-state index is 0.275. The molecule has 1 aliphatic rings. The molecule has 1 fully saturated rings. The van der Waals surface area contributed by atoms with Gasteiger partial charge in [-0.25, -0.2) is 9.37 Å². The number of hydrogen-bond acceptors (Lipinski definition) is 4. The van der Waals surface area contributed by atoms with Crippen LogP contribution < -0.4 is 15.5 Å². The lowest BCUT2D eigenvalue weighted by atomic mass is 10.2. The Balaban J connectivity index is 1.31. The molecule has 0 saturated carbocycles. The van der Waals surface area contributed by atoms with Crippen LogP contribution in [0, 0.1) is 5.82 Å². The van der Waals surface area contributed by atoms with Crippen LogP contribution in [0.5, 0.6) is 0 Å². The molecular formula is C24H28FN5O. The SMILES string of the molecule is CCNC(=NCCc1coc(-c2ccc(F)cc2)n1)NC1CCN(c2ccccc2)C1. The Labute approximate surface area is 182 Å². The number of para-hydroxylation sites is 1. The van der Waals surface area contributed by atoms with Gasteiger partial charge in [-0.1, -0.05) is 18.2 Å². The fourth-order valence-corrected chi connectivity index (χ4v) is 3.69. The van der Waals surface area contributed by atoms with Gasteiger partial charge < -0.3 is 20.0 Å². The van der Waals surface area contributed by atoms with Crippen LogP contribution in [0.1, 0.15) is 19.0 Å². The van der Waals surface area contributed by atoms with Crippen LogP contribution in [0.2, 0.25) is 0 Å². The monoisotopic (exact) mass is 421 g/mol. The summed E-state index contributed by atoms with van der Waals surface area (Å²) in [7, 11) is 0. The first-order valence-electron chi connectivity index (χ1n) is 10.8. The van der Waals surface area contributed by atoms with Crippen LogP contribution >= 0.6 is 0 Å². The minimum atomic E-state index is -0.275. The molecule has 1 saturated heterocycles. The molecule has 7 heteroatoms. The molecule has 31 heavy (non-hydrogen) atoms. The lowest BCUT2D eigenvalue weighted by Gasteiger charge is -2.20. The summed E-state index contributed by atoms with van der Waals surface area (Å²) >= 11 is 0. The van der Waals surface area contributed by atoms with Crippen LogP contribution in [-0.2, 0) is 6.42 Å². The Bertz CT molecular complexity index is 987. The summed E-state index contributed by atoms with van der Waals surface area (Å²) in [5.74, 6) is 1.04. The number of oxazole rings is 1. The Kier molecular flexibility index (Phi) is 6.82. The smallest absolute Gasteiger partial charge is 0.226 e. The van der Waals surface area contributed by atoms with E-state index < -0.39 is 0 Å². The summed E-state index contributed by atoms with van der Waals surface area (Å²) < 4.78 is 18.6. The molecule has 1 aromatic heterocycles. The van der Waals surface area contributed by atoms with Gasteiger partial charge in [0.05, 0.1) is 5.69 Å². The third-order valence-electron chi connectivity index (χ3n) is 5.28. The fourth-order valence-electron chi connectivity index (χ4n) is 3.69. The molecule has 1 atom stereocenters. The van der Waals surface area contributed by atoms with E-state index in [1.165, 1.54) is 17.8 Å². The zero-order valence-electron chi connectivity index (χ0n) is 17.7. The Morgan fingerprint density at radius 1 is 1.19 bits per heavy atom. The van der Waals surface area contributed by atoms with Crippen LogP contribution in [0.25, 0.3) is 11.5 Å². The molecule has 0 bridgehead atoms. The van der Waals surface area contributed by atoms with Crippen molar-refractivity contribution in [3.63, 3.8) is 0 Å². The zero-order valence-corrected chi connectivity index (χ0v) is 17.7. The highest BCUT2D eigenvalue weighted by Gasteiger charge is 2.23. The minimum Gasteiger partial charge on any atom is -0.444 e. The normalized spacial score (nSPS) is 16.5. The summed E-state index contributed by atoms with van der Waals surface area (Å²) in [6, 6.07) is 17.0. The van der Waals surface area contributed by atoms with Gasteiger partial charge in [0.25, 0.3) is 0 Å². The molecule has 162 valence electrons. The van der Waals surface area contributed by atoms with Crippen molar-refractivity contribution in [1.82, 2.24) is 15.6 Å². The number of nitrogens with one attached hydrogen (secondary N) is 2. The van der Waals surface area contributed by atoms with Crippen molar-refractivity contribution in [3.8, 4) is 11.5 Å². The third-order valence-corrected chi connectivity index (χ3v) is 5.28. The number of hydrogen-bond donors (Lipinski definition) is 2. The van der Waals surface area contributed by atoms with E-state index in [1.54, 1.807) is 18.4 Å². The van der Waals surface area contributed by atoms with Crippen molar-refractivity contribution >= 4 is 11.6 Å². The fraction of sp³-hybridized carbons (Fsp3) is 0.333. The van der Waals surface area contributed by atoms with Crippen molar-refractivity contribution in [2.75, 3.05) is 31.1 Å². The van der Waals surface area contributed by atoms with Gasteiger partial charge in [-0.05, 0) is 49.7 Å². The number of nitrogens with zero attached hydrogens (tertiary/aromatic N) is 3. The molecule has 3 aromatic rings. The molecule has 0 radical (unpaired) electrons. The van der Waals surface area contributed by atoms with Gasteiger partial charge in [0.2, 0.25) is 5.89 Å². The number of guanidine groups is 1. The first kappa shape index (κ1) is 20.9. The average molecular weight is 422 g/mol. The lowest BCUT2D eigenvalue weighted by molar-refractivity contribution is 0.572. The number of aliphatic imine (C=N–C) groups is 1. The van der Waals surface area contributed by atoms with E-state index in [0.717, 1.165) is 43.3 Å². The summed E-state index contributed by atoms with van der Waals surface area (Å²) in [5.41, 5.74) is 2.85. The van der Waals surface area contributed by atoms with E-state index in [2.05, 4.69) is 51.7 Å². The maximum absolute atomic E-state index is 13.1. The Morgan fingerprint density at radius 2 is 2.00 bits per heavy atom. The Morgan fingerprint density at radius 3 is 2.77 bits per heavy atom. The summed E-state index contributed by atoms with van der Waals surface area (Å²) in [5, 5.41) is 6.88. The van der Waals surface area contributed by atoms with Gasteiger partial charge >= 0.3 is 0 Å². The highest BCUT2D eigenvalue weighted by atomic mass is 19.1. The molecular weight excluding hydrogens is 393 g/mol. The van der Waals surface area contributed by atoms with E-state index in [0.29, 0.717) is 24.9 Å². The molecule has 0 spiro atoms. The van der Waals surface area contributed by atoms with Gasteiger partial charge in [-0.15, -0.1) is 0 Å². The highest BCUT2D eigenvalue weighted by Crippen LogP contribution is 2.20. The van der Waals surface area contributed by atoms with Crippen molar-refractivity contribution in [2.24, 2.45) is 4.99 Å². The van der Waals surface area contributed by atoms with Gasteiger partial charge in [0, 0.05) is 49.9 Å². The number of benzene rings is 2. The highest BCUT2D eigenvalue weighted by molar-refractivity contribution is 5.80. The number of anilines is 1. The second-order valence-electron chi connectivity index (χ2n) is 7.57. The van der Waals surface area contributed by atoms with E-state index in [9.17, 15) is 4.39 Å². The summed E-state index contributed by atoms with van der Waals surface area (Å²) in [4.78, 5) is 11.6. The Hall–Kier alpha value is -3.35. The largest absolute Gasteiger partial charge is 0.444 e. The quantitative estimate of drug-likeness (QED) is 0.448. The van der Waals surface area contributed by atoms with Gasteiger partial charge in [-0.2, -0.15) is 0 Å². The molecule has 2 N–H and O–H groups in total. The second-order valence-corrected chi connectivity index (χ2v) is 7.57. The number of rotatable bonds is 7. The van der Waals surface area contributed by atoms with Crippen molar-refractivity contribution < 1.29 is 8.81 Å². The van der Waals surface area contributed by atoms with Crippen LogP contribution in [-0.4, -0.2) is 43.2 Å². The average Bonchev–Trinajstić information content (AvgIpc) is 3.45. The summed E-state index contributed by atoms with van der Waals surface area (Å²) in [6.07, 6.45) is 3.38. The van der Waals surface area contributed by atoms with E-state index in [1.807, 2.05) is 6.07 Å². The maximum Gasteiger partial charge on any atom is 0.226 e. The number of halogens is 1. The van der Waals surface area contributed by atoms with Gasteiger partial charge in [-0.3, -0.25) is 4.99 Å². The van der Waals surface area contributed by atoms with Crippen molar-refractivity contribution in [1.29, 1.82) is 0 Å². The molecule has 1 unspecified atom stereocenters. The van der Waals surface area contributed by atoms with Crippen molar-refractivity contribution in [2.45, 2.75) is 25.8 Å². The van der Waals surface area contributed by atoms with Gasteiger partial charge in [0.1, 0.15) is 12.1 Å². The second kappa shape index (κ2) is 10.1. The zero-order chi connectivity index (χ0) is 21.5. The van der Waals surface area contributed by atoms with E-state index in [-0.39, 0.29) is 5.82 Å². The first-order chi connectivity index (χ1) is 15.2. The summed E-state index contributed by atoms with van der Waals surface area (Å²) in [6.45, 7) is 5.46. The number of aromatic nitrogens is 1. The standard InChI is InChI=1S/C24H28FN5O/c1-2-26-24(29-20-13-15-30(16-20)22-6-4-3-5-7-22)27-14-12-21-17-31-23(28-21)18-8-10-19(25)11-9-18/h3-11,17,20H,2,12-16H2,1H3,(H2,26,27,29). The predicted octanol–water partition coefficient (Wildman–Crippen LogP) is 3.86. The van der Waals surface area contributed by atoms with Gasteiger partial charge in [0.15, 0.2) is 5.96 Å². The van der Waals surface area contributed by atoms with Crippen LogP contribution in [0.4, 0.5) is 10.1 Å². The molecule has 2 heterocycles. The topological polar surface area (TPSA) is 65.7 Å². The molecule has 1 aliphatic heterocycles.